The van der Waals surface area contributed by atoms with Crippen molar-refractivity contribution in [2.24, 2.45) is 50.2 Å². The first kappa shape index (κ1) is 80.0. The zero-order valence-electron chi connectivity index (χ0n) is 59.6. The van der Waals surface area contributed by atoms with Crippen molar-refractivity contribution in [3.63, 3.8) is 0 Å². The van der Waals surface area contributed by atoms with Crippen LogP contribution in [-0.2, 0) is 80.6 Å². The van der Waals surface area contributed by atoms with E-state index in [9.17, 15) is 91.6 Å². The van der Waals surface area contributed by atoms with Crippen molar-refractivity contribution in [2.75, 3.05) is 33.5 Å². The smallest absolute Gasteiger partial charge is 0.337 e. The van der Waals surface area contributed by atoms with Crippen molar-refractivity contribution in [1.82, 2.24) is 0 Å². The molecular weight excluding hydrogens is 1370 g/mol. The van der Waals surface area contributed by atoms with E-state index in [0.717, 1.165) is 12.7 Å². The summed E-state index contributed by atoms with van der Waals surface area (Å²) in [6.45, 7) is 15.9. The van der Waals surface area contributed by atoms with Crippen LogP contribution in [0.4, 0.5) is 0 Å². The topological polar surface area (TPSA) is 517 Å². The minimum atomic E-state index is -2.09. The molecular formula is C69H110O34. The molecule has 11 fully saturated rings. The molecule has 0 unspecified atom stereocenters. The molecule has 590 valence electrons. The van der Waals surface area contributed by atoms with E-state index in [-0.39, 0.29) is 35.5 Å². The third kappa shape index (κ3) is 13.9. The Morgan fingerprint density at radius 3 is 1.57 bits per heavy atom. The van der Waals surface area contributed by atoms with E-state index in [1.165, 1.54) is 13.8 Å². The van der Waals surface area contributed by atoms with Crippen molar-refractivity contribution in [3.8, 4) is 0 Å². The van der Waals surface area contributed by atoms with Crippen LogP contribution in [0.1, 0.15) is 120 Å². The summed E-state index contributed by atoms with van der Waals surface area (Å²) in [7, 11) is 1.09. The van der Waals surface area contributed by atoms with Crippen LogP contribution in [0.2, 0.25) is 0 Å². The number of aliphatic hydroxyl groups is 17. The van der Waals surface area contributed by atoms with Gasteiger partial charge in [-0.05, 0) is 116 Å². The SMILES string of the molecule is COC(=O)[C@H]1O[C@@H](O[C@H]2CC[C@]3(C)[C@H]4CC=C5[C@@H]6CC(C)(C)CC[C@]6(C(=O)O[C@@H]6OC[C@@H](O)[C@H](O[C@@H]7O[C@@H](C)[C@H](O)[C@@H](O)[C@H]7O)[C@H]6O[C@@H]6O[C@@H](C)[C@H](O[C@@H]7OC[C@@H](O)[C@H](O[C@@H]8OC[C@@H](O)[C@H](O)[C@H]8O)[C@H]7O)[C@@H](O)[C@H]6O)[C@H](O)C[C@@]5(C)[C@]4(C)CC[C@H]3C2(C)C)[C@H](O)[C@@H](O[C@@H]2OC[C@@H](O)[C@H](O)[C@H]2O)[C@@H]1O. The van der Waals surface area contributed by atoms with Gasteiger partial charge in [-0.3, -0.25) is 4.79 Å². The van der Waals surface area contributed by atoms with Gasteiger partial charge < -0.3 is 158 Å². The van der Waals surface area contributed by atoms with Gasteiger partial charge in [0.1, 0.15) is 127 Å². The molecule has 7 saturated heterocycles. The maximum atomic E-state index is 16.0. The number of fused-ring (bicyclic) bond motifs is 7. The highest BCUT2D eigenvalue weighted by atomic mass is 16.8. The summed E-state index contributed by atoms with van der Waals surface area (Å²) in [6.07, 6.45) is -48.3. The summed E-state index contributed by atoms with van der Waals surface area (Å²) in [4.78, 5) is 29.2. The number of rotatable bonds is 15. The Hall–Kier alpha value is -2.52. The second-order valence-electron chi connectivity index (χ2n) is 33.2. The number of carbonyl (C=O) groups is 2. The maximum Gasteiger partial charge on any atom is 0.337 e. The van der Waals surface area contributed by atoms with Crippen molar-refractivity contribution >= 4 is 11.9 Å². The average molecular weight is 1480 g/mol. The fraction of sp³-hybridized carbons (Fsp3) is 0.942. The van der Waals surface area contributed by atoms with Gasteiger partial charge in [-0.2, -0.15) is 0 Å². The van der Waals surface area contributed by atoms with Crippen LogP contribution in [0.3, 0.4) is 0 Å². The number of carbonyl (C=O) groups excluding carboxylic acids is 2. The molecule has 0 spiro atoms. The molecule has 7 heterocycles. The lowest BCUT2D eigenvalue weighted by Gasteiger charge is -2.71. The van der Waals surface area contributed by atoms with Crippen LogP contribution >= 0.6 is 0 Å². The fourth-order valence-corrected chi connectivity index (χ4v) is 20.0. The van der Waals surface area contributed by atoms with Gasteiger partial charge in [-0.1, -0.05) is 60.1 Å². The first-order valence-corrected chi connectivity index (χ1v) is 36.2. The monoisotopic (exact) mass is 1480 g/mol. The minimum Gasteiger partial charge on any atom is -0.467 e. The van der Waals surface area contributed by atoms with Gasteiger partial charge >= 0.3 is 11.9 Å². The Labute approximate surface area is 595 Å². The van der Waals surface area contributed by atoms with Crippen LogP contribution < -0.4 is 0 Å². The first-order chi connectivity index (χ1) is 48.3. The van der Waals surface area contributed by atoms with Crippen LogP contribution in [0.5, 0.6) is 0 Å². The van der Waals surface area contributed by atoms with Crippen LogP contribution in [0, 0.1) is 50.2 Å². The summed E-state index contributed by atoms with van der Waals surface area (Å²) in [5.74, 6) is -2.55. The van der Waals surface area contributed by atoms with E-state index in [2.05, 4.69) is 54.5 Å². The summed E-state index contributed by atoms with van der Waals surface area (Å²) >= 11 is 0. The molecule has 0 aromatic rings. The highest BCUT2D eigenvalue weighted by Crippen LogP contribution is 2.76. The van der Waals surface area contributed by atoms with Gasteiger partial charge in [-0.25, -0.2) is 4.79 Å². The third-order valence-corrected chi connectivity index (χ3v) is 26.3. The Morgan fingerprint density at radius 1 is 0.447 bits per heavy atom. The molecule has 103 heavy (non-hydrogen) atoms. The normalized spacial score (nSPS) is 54.3. The van der Waals surface area contributed by atoms with Gasteiger partial charge in [-0.15, -0.1) is 0 Å². The molecule has 34 heteroatoms. The number of allylic oxidation sites excluding steroid dienone is 2. The first-order valence-electron chi connectivity index (χ1n) is 36.2. The summed E-state index contributed by atoms with van der Waals surface area (Å²) in [5, 5.41) is 189. The molecule has 0 bridgehead atoms. The van der Waals surface area contributed by atoms with Crippen molar-refractivity contribution in [1.29, 1.82) is 0 Å². The van der Waals surface area contributed by atoms with Crippen LogP contribution in [0.25, 0.3) is 0 Å². The van der Waals surface area contributed by atoms with Gasteiger partial charge in [0.05, 0.1) is 58.0 Å². The molecule has 4 saturated carbocycles. The summed E-state index contributed by atoms with van der Waals surface area (Å²) in [6, 6.07) is 0. The highest BCUT2D eigenvalue weighted by molar-refractivity contribution is 5.80. The van der Waals surface area contributed by atoms with Crippen LogP contribution in [-0.4, -0.2) is 335 Å². The predicted octanol–water partition coefficient (Wildman–Crippen LogP) is -4.80. The zero-order chi connectivity index (χ0) is 75.0. The van der Waals surface area contributed by atoms with Gasteiger partial charge in [0.15, 0.2) is 49.9 Å². The Morgan fingerprint density at radius 2 is 0.951 bits per heavy atom. The zero-order valence-corrected chi connectivity index (χ0v) is 59.6. The molecule has 0 amide bonds. The Balaban J connectivity index is 0.787. The Bertz CT molecular complexity index is 2980. The summed E-state index contributed by atoms with van der Waals surface area (Å²) < 4.78 is 89.1. The molecule has 5 aliphatic carbocycles. The number of methoxy groups -OCH3 is 1. The largest absolute Gasteiger partial charge is 0.467 e. The molecule has 12 rings (SSSR count). The lowest BCUT2D eigenvalue weighted by molar-refractivity contribution is -0.387. The van der Waals surface area contributed by atoms with E-state index in [0.29, 0.717) is 44.9 Å². The average Bonchev–Trinajstić information content (AvgIpc) is 0.671. The third-order valence-electron chi connectivity index (χ3n) is 26.3. The molecule has 0 aromatic heterocycles. The molecule has 40 atom stereocenters. The second-order valence-corrected chi connectivity index (χ2v) is 33.2. The van der Waals surface area contributed by atoms with E-state index in [4.69, 9.17) is 71.1 Å². The van der Waals surface area contributed by atoms with E-state index >= 15 is 4.79 Å². The predicted molar refractivity (Wildman–Crippen MR) is 340 cm³/mol. The van der Waals surface area contributed by atoms with Gasteiger partial charge in [0, 0.05) is 0 Å². The van der Waals surface area contributed by atoms with Crippen molar-refractivity contribution in [3.05, 3.63) is 11.6 Å². The van der Waals surface area contributed by atoms with Gasteiger partial charge in [0.25, 0.3) is 0 Å². The van der Waals surface area contributed by atoms with Crippen molar-refractivity contribution in [2.45, 2.75) is 323 Å². The molecule has 0 radical (unpaired) electrons. The molecule has 34 nitrogen and oxygen atoms in total. The fourth-order valence-electron chi connectivity index (χ4n) is 20.0. The molecule has 0 aromatic carbocycles. The Kier molecular flexibility index (Phi) is 23.3. The number of ether oxygens (including phenoxy) is 15. The van der Waals surface area contributed by atoms with E-state index in [1.54, 1.807) is 0 Å². The lowest BCUT2D eigenvalue weighted by Crippen LogP contribution is -2.69. The minimum absolute atomic E-state index is 0.00405. The molecule has 7 aliphatic heterocycles. The number of hydrogen-bond acceptors (Lipinski definition) is 34. The number of aliphatic hydroxyl groups excluding tert-OH is 17. The number of esters is 2. The van der Waals surface area contributed by atoms with Gasteiger partial charge in [0.2, 0.25) is 6.29 Å². The van der Waals surface area contributed by atoms with Crippen LogP contribution in [0.15, 0.2) is 11.6 Å². The second kappa shape index (κ2) is 30.0. The standard InChI is InChI=1S/C69H110O34/c1-25-37(75)40(78)44(82)59(94-25)99-51-32(73)24-93-62(54(51)102-60-45(83)41(79)49(26(2)95-60)97-58-47(85)50(31(72)23-92-58)98-56-42(80)38(76)29(70)21-90-56)103-63(88)69-18-17-64(3,4)19-28(69)27-11-12-34-66(7)15-14-36(65(5,6)33(66)13-16-67(34,8)68(27,9)20-35(69)74)96-61-48(86)52(46(84)53(101-61)55(87)89-10)100-57-43(81)39(77)30(71)22-91-57/h11,25-26,28-54,56-62,70-86H,12-24H2,1-10H3/t25-,26-,28-,29+,30+,31+,32+,33-,34+,35+,36-,37-,38-,39-,40+,41-,42+,43+,44+,45+,46-,47+,48+,49-,50-,51-,52-,53-,54+,56-,57-,58-,59-,60-,61+,62-,66-,67+,68+,69+/m0/s1. The molecule has 12 aliphatic rings. The quantitative estimate of drug-likeness (QED) is 0.0416. The maximum absolute atomic E-state index is 16.0. The van der Waals surface area contributed by atoms with E-state index < -0.39 is 269 Å². The summed E-state index contributed by atoms with van der Waals surface area (Å²) in [5.41, 5.74) is -3.28. The molecule has 17 N–H and O–H groups in total. The highest BCUT2D eigenvalue weighted by Gasteiger charge is 2.73. The number of hydrogen-bond donors (Lipinski definition) is 17. The lowest BCUT2D eigenvalue weighted by atomic mass is 9.33. The van der Waals surface area contributed by atoms with Crippen molar-refractivity contribution < 1.29 is 167 Å². The van der Waals surface area contributed by atoms with E-state index in [1.807, 2.05) is 0 Å².